The largest absolute Gasteiger partial charge is 0.307 e. The van der Waals surface area contributed by atoms with Gasteiger partial charge in [0, 0.05) is 19.3 Å². The Morgan fingerprint density at radius 3 is 2.59 bits per heavy atom. The highest BCUT2D eigenvalue weighted by atomic mass is 15.1. The molecule has 0 spiro atoms. The van der Waals surface area contributed by atoms with Crippen LogP contribution in [-0.4, -0.2) is 10.2 Å². The topological polar surface area (TPSA) is 61.6 Å². The molecule has 0 radical (unpaired) electrons. The molecule has 0 unspecified atom stereocenters. The van der Waals surface area contributed by atoms with Gasteiger partial charge in [-0.05, 0) is 29.8 Å². The van der Waals surface area contributed by atoms with Gasteiger partial charge in [0.1, 0.15) is 0 Å². The average Bonchev–Trinajstić information content (AvgIpc) is 2.41. The zero-order valence-electron chi connectivity index (χ0n) is 9.30. The van der Waals surface area contributed by atoms with Crippen molar-refractivity contribution in [1.29, 1.82) is 5.26 Å². The summed E-state index contributed by atoms with van der Waals surface area (Å²) in [5.41, 5.74) is 2.75. The molecule has 17 heavy (non-hydrogen) atoms. The third kappa shape index (κ3) is 3.37. The SMILES string of the molecule is N#Cc1ccc(CNCc2cccnn2)cc1. The van der Waals surface area contributed by atoms with Crippen molar-refractivity contribution in [2.45, 2.75) is 13.1 Å². The van der Waals surface area contributed by atoms with Crippen LogP contribution in [0.3, 0.4) is 0 Å². The van der Waals surface area contributed by atoms with E-state index in [0.29, 0.717) is 12.1 Å². The van der Waals surface area contributed by atoms with E-state index in [9.17, 15) is 0 Å². The van der Waals surface area contributed by atoms with E-state index in [4.69, 9.17) is 5.26 Å². The highest BCUT2D eigenvalue weighted by molar-refractivity contribution is 5.31. The molecular weight excluding hydrogens is 212 g/mol. The summed E-state index contributed by atoms with van der Waals surface area (Å²) in [5, 5.41) is 19.7. The van der Waals surface area contributed by atoms with Crippen LogP contribution in [0.4, 0.5) is 0 Å². The summed E-state index contributed by atoms with van der Waals surface area (Å²) in [6, 6.07) is 13.4. The lowest BCUT2D eigenvalue weighted by molar-refractivity contribution is 0.670. The molecular formula is C13H12N4. The number of hydrogen-bond acceptors (Lipinski definition) is 4. The lowest BCUT2D eigenvalue weighted by atomic mass is 10.1. The smallest absolute Gasteiger partial charge is 0.0991 e. The van der Waals surface area contributed by atoms with Gasteiger partial charge in [0.15, 0.2) is 0 Å². The molecule has 0 fully saturated rings. The minimum absolute atomic E-state index is 0.683. The lowest BCUT2D eigenvalue weighted by Crippen LogP contribution is -2.13. The fourth-order valence-corrected chi connectivity index (χ4v) is 1.46. The molecule has 1 heterocycles. The number of benzene rings is 1. The van der Waals surface area contributed by atoms with E-state index in [0.717, 1.165) is 17.8 Å². The molecule has 0 saturated carbocycles. The van der Waals surface area contributed by atoms with Crippen LogP contribution in [0.15, 0.2) is 42.6 Å². The Labute approximate surface area is 99.9 Å². The fourth-order valence-electron chi connectivity index (χ4n) is 1.46. The number of nitriles is 1. The summed E-state index contributed by atoms with van der Waals surface area (Å²) in [7, 11) is 0. The van der Waals surface area contributed by atoms with Crippen molar-refractivity contribution < 1.29 is 0 Å². The number of nitrogens with one attached hydrogen (secondary N) is 1. The Morgan fingerprint density at radius 1 is 1.12 bits per heavy atom. The zero-order chi connectivity index (χ0) is 11.9. The Hall–Kier alpha value is -2.25. The fraction of sp³-hybridized carbons (Fsp3) is 0.154. The predicted molar refractivity (Wildman–Crippen MR) is 63.7 cm³/mol. The van der Waals surface area contributed by atoms with Crippen LogP contribution in [0.5, 0.6) is 0 Å². The van der Waals surface area contributed by atoms with Crippen molar-refractivity contribution in [2.24, 2.45) is 0 Å². The molecule has 1 aromatic carbocycles. The molecule has 0 amide bonds. The lowest BCUT2D eigenvalue weighted by Gasteiger charge is -2.03. The summed E-state index contributed by atoms with van der Waals surface area (Å²) in [5.74, 6) is 0. The maximum absolute atomic E-state index is 8.67. The van der Waals surface area contributed by atoms with Crippen molar-refractivity contribution in [1.82, 2.24) is 15.5 Å². The van der Waals surface area contributed by atoms with Gasteiger partial charge in [-0.3, -0.25) is 0 Å². The summed E-state index contributed by atoms with van der Waals surface area (Å²) in [6.45, 7) is 1.44. The van der Waals surface area contributed by atoms with Crippen LogP contribution in [-0.2, 0) is 13.1 Å². The van der Waals surface area contributed by atoms with Crippen molar-refractivity contribution >= 4 is 0 Å². The van der Waals surface area contributed by atoms with E-state index in [1.165, 1.54) is 0 Å². The number of nitrogens with zero attached hydrogens (tertiary/aromatic N) is 3. The van der Waals surface area contributed by atoms with Crippen LogP contribution < -0.4 is 5.32 Å². The van der Waals surface area contributed by atoms with Crippen molar-refractivity contribution in [3.63, 3.8) is 0 Å². The molecule has 2 rings (SSSR count). The Balaban J connectivity index is 1.84. The second-order valence-electron chi connectivity index (χ2n) is 3.63. The van der Waals surface area contributed by atoms with E-state index >= 15 is 0 Å². The molecule has 1 N–H and O–H groups in total. The molecule has 4 heteroatoms. The minimum atomic E-state index is 0.683. The molecule has 0 aliphatic rings. The van der Waals surface area contributed by atoms with Gasteiger partial charge in [0.05, 0.1) is 17.3 Å². The average molecular weight is 224 g/mol. The molecule has 0 bridgehead atoms. The molecule has 0 aliphatic heterocycles. The van der Waals surface area contributed by atoms with Gasteiger partial charge in [0.2, 0.25) is 0 Å². The Morgan fingerprint density at radius 2 is 1.94 bits per heavy atom. The zero-order valence-corrected chi connectivity index (χ0v) is 9.30. The normalized spacial score (nSPS) is 9.82. The first-order valence-corrected chi connectivity index (χ1v) is 5.35. The highest BCUT2D eigenvalue weighted by Crippen LogP contribution is 2.03. The Kier molecular flexibility index (Phi) is 3.79. The van der Waals surface area contributed by atoms with E-state index in [-0.39, 0.29) is 0 Å². The standard InChI is InChI=1S/C13H12N4/c14-8-11-3-5-12(6-4-11)9-15-10-13-2-1-7-16-17-13/h1-7,15H,9-10H2. The molecule has 0 aliphatic carbocycles. The first-order valence-electron chi connectivity index (χ1n) is 5.35. The molecule has 2 aromatic rings. The second-order valence-corrected chi connectivity index (χ2v) is 3.63. The van der Waals surface area contributed by atoms with Crippen LogP contribution in [0.1, 0.15) is 16.8 Å². The van der Waals surface area contributed by atoms with Crippen LogP contribution in [0.2, 0.25) is 0 Å². The van der Waals surface area contributed by atoms with Gasteiger partial charge in [-0.1, -0.05) is 12.1 Å². The van der Waals surface area contributed by atoms with Gasteiger partial charge in [-0.2, -0.15) is 15.5 Å². The van der Waals surface area contributed by atoms with E-state index < -0.39 is 0 Å². The summed E-state index contributed by atoms with van der Waals surface area (Å²) in [4.78, 5) is 0. The van der Waals surface area contributed by atoms with Crippen molar-refractivity contribution in [2.75, 3.05) is 0 Å². The summed E-state index contributed by atoms with van der Waals surface area (Å²) >= 11 is 0. The molecule has 84 valence electrons. The van der Waals surface area contributed by atoms with Crippen molar-refractivity contribution in [3.8, 4) is 6.07 Å². The van der Waals surface area contributed by atoms with Gasteiger partial charge >= 0.3 is 0 Å². The van der Waals surface area contributed by atoms with E-state index in [1.807, 2.05) is 36.4 Å². The van der Waals surface area contributed by atoms with E-state index in [2.05, 4.69) is 21.6 Å². The quantitative estimate of drug-likeness (QED) is 0.857. The maximum atomic E-state index is 8.67. The van der Waals surface area contributed by atoms with Gasteiger partial charge in [-0.25, -0.2) is 0 Å². The number of rotatable bonds is 4. The first kappa shape index (κ1) is 11.2. The monoisotopic (exact) mass is 224 g/mol. The maximum Gasteiger partial charge on any atom is 0.0991 e. The van der Waals surface area contributed by atoms with Gasteiger partial charge in [-0.15, -0.1) is 0 Å². The predicted octanol–water partition coefficient (Wildman–Crippen LogP) is 1.64. The molecule has 0 saturated heterocycles. The van der Waals surface area contributed by atoms with Crippen molar-refractivity contribution in [3.05, 3.63) is 59.4 Å². The molecule has 0 atom stereocenters. The first-order chi connectivity index (χ1) is 8.38. The Bertz CT molecular complexity index is 499. The number of hydrogen-bond donors (Lipinski definition) is 1. The van der Waals surface area contributed by atoms with Gasteiger partial charge in [0.25, 0.3) is 0 Å². The van der Waals surface area contributed by atoms with Crippen LogP contribution in [0, 0.1) is 11.3 Å². The summed E-state index contributed by atoms with van der Waals surface area (Å²) in [6.07, 6.45) is 1.66. The van der Waals surface area contributed by atoms with Gasteiger partial charge < -0.3 is 5.32 Å². The minimum Gasteiger partial charge on any atom is -0.307 e. The highest BCUT2D eigenvalue weighted by Gasteiger charge is 1.95. The van der Waals surface area contributed by atoms with Crippen LogP contribution >= 0.6 is 0 Å². The third-order valence-electron chi connectivity index (χ3n) is 2.35. The summed E-state index contributed by atoms with van der Waals surface area (Å²) < 4.78 is 0. The van der Waals surface area contributed by atoms with E-state index in [1.54, 1.807) is 6.20 Å². The van der Waals surface area contributed by atoms with Crippen LogP contribution in [0.25, 0.3) is 0 Å². The number of aromatic nitrogens is 2. The molecule has 1 aromatic heterocycles. The second kappa shape index (κ2) is 5.73. The molecule has 4 nitrogen and oxygen atoms in total. The third-order valence-corrected chi connectivity index (χ3v) is 2.35.